The maximum absolute atomic E-state index is 10.1. The van der Waals surface area contributed by atoms with Gasteiger partial charge in [0.2, 0.25) is 0 Å². The van der Waals surface area contributed by atoms with E-state index in [1.54, 1.807) is 0 Å². The molecule has 0 aromatic rings. The molecule has 0 aliphatic rings. The first-order chi connectivity index (χ1) is 4.86. The van der Waals surface area contributed by atoms with E-state index in [0.29, 0.717) is 0 Å². The van der Waals surface area contributed by atoms with Crippen LogP contribution in [-0.4, -0.2) is 20.2 Å². The molecule has 0 aliphatic carbocycles. The van der Waals surface area contributed by atoms with Gasteiger partial charge in [-0.25, -0.2) is 0 Å². The van der Waals surface area contributed by atoms with Gasteiger partial charge in [-0.1, -0.05) is 23.2 Å². The number of aliphatic carboxylic acids is 1. The summed E-state index contributed by atoms with van der Waals surface area (Å²) < 4.78 is -1.37. The zero-order valence-electron chi connectivity index (χ0n) is 5.36. The van der Waals surface area contributed by atoms with Crippen molar-refractivity contribution in [2.75, 3.05) is 0 Å². The molecule has 0 saturated carbocycles. The van der Waals surface area contributed by atoms with Crippen molar-refractivity contribution in [3.05, 3.63) is 0 Å². The molecule has 0 spiro atoms. The van der Waals surface area contributed by atoms with Crippen LogP contribution in [0.15, 0.2) is 0 Å². The van der Waals surface area contributed by atoms with Gasteiger partial charge in [-0.15, -0.1) is 23.2 Å². The van der Waals surface area contributed by atoms with Crippen molar-refractivity contribution < 1.29 is 9.90 Å². The van der Waals surface area contributed by atoms with Crippen molar-refractivity contribution in [3.63, 3.8) is 0 Å². The molecule has 66 valence electrons. The van der Waals surface area contributed by atoms with E-state index < -0.39 is 15.1 Å². The molecule has 6 heteroatoms. The summed E-state index contributed by atoms with van der Waals surface area (Å²) >= 11 is 21.8. The average Bonchev–Trinajstić information content (AvgIpc) is 1.84. The Labute approximate surface area is 84.4 Å². The number of carboxylic acids is 1. The zero-order chi connectivity index (χ0) is 9.07. The van der Waals surface area contributed by atoms with Crippen LogP contribution in [-0.2, 0) is 4.79 Å². The number of hydrogen-bond donors (Lipinski definition) is 1. The molecule has 0 aromatic heterocycles. The van der Waals surface area contributed by atoms with Gasteiger partial charge in [0.1, 0.15) is 9.17 Å². The molecular formula is C5H6Cl4O2. The number of hydrogen-bond acceptors (Lipinski definition) is 1. The Morgan fingerprint density at radius 2 is 1.91 bits per heavy atom. The number of halogens is 4. The lowest BCUT2D eigenvalue weighted by atomic mass is 10.2. The van der Waals surface area contributed by atoms with Crippen LogP contribution in [0.25, 0.3) is 0 Å². The third kappa shape index (κ3) is 4.96. The van der Waals surface area contributed by atoms with Crippen molar-refractivity contribution in [2.45, 2.75) is 22.0 Å². The Kier molecular flexibility index (Phi) is 4.87. The van der Waals surface area contributed by atoms with Crippen LogP contribution in [0.3, 0.4) is 0 Å². The first kappa shape index (κ1) is 11.6. The van der Waals surface area contributed by atoms with Gasteiger partial charge in [0.05, 0.1) is 0 Å². The second kappa shape index (κ2) is 4.61. The minimum absolute atomic E-state index is 0.0309. The predicted molar refractivity (Wildman–Crippen MR) is 46.8 cm³/mol. The van der Waals surface area contributed by atoms with Crippen LogP contribution in [0.1, 0.15) is 12.8 Å². The third-order valence-electron chi connectivity index (χ3n) is 0.991. The number of rotatable bonds is 4. The van der Waals surface area contributed by atoms with E-state index in [-0.39, 0.29) is 12.8 Å². The highest BCUT2D eigenvalue weighted by molar-refractivity contribution is 6.59. The van der Waals surface area contributed by atoms with Crippen LogP contribution in [0.2, 0.25) is 0 Å². The average molecular weight is 240 g/mol. The first-order valence-corrected chi connectivity index (χ1v) is 4.37. The van der Waals surface area contributed by atoms with Gasteiger partial charge in [0.15, 0.2) is 0 Å². The Bertz CT molecular complexity index is 145. The van der Waals surface area contributed by atoms with E-state index in [2.05, 4.69) is 0 Å². The Balaban J connectivity index is 3.82. The smallest absolute Gasteiger partial charge is 0.303 e. The standard InChI is InChI=1S/C5H6Cl4O2/c6-4(7)5(8,9)2-1-3(10)11/h4H,1-2H2,(H,10,11). The van der Waals surface area contributed by atoms with Crippen molar-refractivity contribution in [1.82, 2.24) is 0 Å². The predicted octanol–water partition coefficient (Wildman–Crippen LogP) is 2.83. The highest BCUT2D eigenvalue weighted by atomic mass is 35.5. The van der Waals surface area contributed by atoms with Gasteiger partial charge in [-0.2, -0.15) is 0 Å². The van der Waals surface area contributed by atoms with E-state index in [1.807, 2.05) is 0 Å². The summed E-state index contributed by atoms with van der Waals surface area (Å²) in [5.41, 5.74) is 0. The molecule has 0 bridgehead atoms. The molecule has 0 aromatic carbocycles. The van der Waals surface area contributed by atoms with E-state index in [9.17, 15) is 4.79 Å². The summed E-state index contributed by atoms with van der Waals surface area (Å²) in [5, 5.41) is 8.26. The topological polar surface area (TPSA) is 37.3 Å². The van der Waals surface area contributed by atoms with E-state index in [1.165, 1.54) is 0 Å². The molecule has 0 aliphatic heterocycles. The molecule has 0 heterocycles. The normalized spacial score (nSPS) is 12.1. The molecular weight excluding hydrogens is 234 g/mol. The van der Waals surface area contributed by atoms with Crippen LogP contribution in [0.5, 0.6) is 0 Å². The molecule has 1 N–H and O–H groups in total. The molecule has 0 saturated heterocycles. The number of carbonyl (C=O) groups is 1. The molecule has 0 atom stereocenters. The van der Waals surface area contributed by atoms with Crippen LogP contribution < -0.4 is 0 Å². The highest BCUT2D eigenvalue weighted by Crippen LogP contribution is 2.36. The monoisotopic (exact) mass is 238 g/mol. The van der Waals surface area contributed by atoms with Crippen LogP contribution in [0.4, 0.5) is 0 Å². The summed E-state index contributed by atoms with van der Waals surface area (Å²) in [7, 11) is 0. The maximum atomic E-state index is 10.1. The number of alkyl halides is 4. The second-order valence-corrected chi connectivity index (χ2v) is 4.59. The molecule has 0 fully saturated rings. The van der Waals surface area contributed by atoms with Gasteiger partial charge in [-0.05, 0) is 6.42 Å². The Hall–Kier alpha value is 0.630. The molecule has 0 radical (unpaired) electrons. The lowest BCUT2D eigenvalue weighted by Crippen LogP contribution is -2.22. The van der Waals surface area contributed by atoms with Gasteiger partial charge in [0, 0.05) is 6.42 Å². The van der Waals surface area contributed by atoms with Gasteiger partial charge >= 0.3 is 5.97 Å². The summed E-state index contributed by atoms with van der Waals surface area (Å²) in [5.74, 6) is -0.982. The fourth-order valence-electron chi connectivity index (χ4n) is 0.383. The second-order valence-electron chi connectivity index (χ2n) is 1.96. The summed E-state index contributed by atoms with van der Waals surface area (Å²) in [6, 6.07) is 0. The van der Waals surface area contributed by atoms with E-state index in [4.69, 9.17) is 51.5 Å². The van der Waals surface area contributed by atoms with Crippen molar-refractivity contribution in [2.24, 2.45) is 0 Å². The van der Waals surface area contributed by atoms with Gasteiger partial charge < -0.3 is 5.11 Å². The molecule has 0 amide bonds. The fraction of sp³-hybridized carbons (Fsp3) is 0.800. The molecule has 11 heavy (non-hydrogen) atoms. The minimum atomic E-state index is -1.37. The highest BCUT2D eigenvalue weighted by Gasteiger charge is 2.32. The maximum Gasteiger partial charge on any atom is 0.303 e. The Morgan fingerprint density at radius 1 is 1.45 bits per heavy atom. The largest absolute Gasteiger partial charge is 0.481 e. The third-order valence-corrected chi connectivity index (χ3v) is 3.00. The van der Waals surface area contributed by atoms with E-state index >= 15 is 0 Å². The summed E-state index contributed by atoms with van der Waals surface area (Å²) in [6.07, 6.45) is -0.119. The quantitative estimate of drug-likeness (QED) is 0.767. The fourth-order valence-corrected chi connectivity index (χ4v) is 0.790. The van der Waals surface area contributed by atoms with Crippen LogP contribution >= 0.6 is 46.4 Å². The van der Waals surface area contributed by atoms with Crippen LogP contribution in [0, 0.1) is 0 Å². The molecule has 2 nitrogen and oxygen atoms in total. The first-order valence-electron chi connectivity index (χ1n) is 2.74. The molecule has 0 rings (SSSR count). The zero-order valence-corrected chi connectivity index (χ0v) is 8.38. The lowest BCUT2D eigenvalue weighted by molar-refractivity contribution is -0.137. The Morgan fingerprint density at radius 3 is 2.18 bits per heavy atom. The minimum Gasteiger partial charge on any atom is -0.481 e. The van der Waals surface area contributed by atoms with Gasteiger partial charge in [-0.3, -0.25) is 4.79 Å². The van der Waals surface area contributed by atoms with Crippen molar-refractivity contribution in [1.29, 1.82) is 0 Å². The SMILES string of the molecule is O=C(O)CCC(Cl)(Cl)C(Cl)Cl. The summed E-state index contributed by atoms with van der Waals surface area (Å²) in [6.45, 7) is 0. The van der Waals surface area contributed by atoms with Crippen molar-refractivity contribution >= 4 is 52.4 Å². The van der Waals surface area contributed by atoms with E-state index in [0.717, 1.165) is 0 Å². The number of carboxylic acid groups (broad SMARTS) is 1. The van der Waals surface area contributed by atoms with Gasteiger partial charge in [0.25, 0.3) is 0 Å². The molecule has 0 unspecified atom stereocenters. The van der Waals surface area contributed by atoms with Crippen molar-refractivity contribution in [3.8, 4) is 0 Å². The summed E-state index contributed by atoms with van der Waals surface area (Å²) in [4.78, 5) is 9.08. The lowest BCUT2D eigenvalue weighted by Gasteiger charge is -2.18.